The largest absolute Gasteiger partial charge is 0.595 e. The van der Waals surface area contributed by atoms with Crippen molar-refractivity contribution in [3.05, 3.63) is 29.0 Å². The van der Waals surface area contributed by atoms with E-state index in [4.69, 9.17) is 9.94 Å². The molecule has 0 fully saturated rings. The number of aliphatic hydroxyl groups excluding tert-OH is 1. The molecule has 90 valence electrons. The molecule has 0 spiro atoms. The number of quaternary nitrogens is 1. The number of hydrogen-bond donors (Lipinski definition) is 3. The lowest BCUT2D eigenvalue weighted by molar-refractivity contribution is -0.992. The zero-order valence-electron chi connectivity index (χ0n) is 9.14. The molecular formula is C10H15NO4S. The molecule has 3 N–H and O–H groups in total. The van der Waals surface area contributed by atoms with E-state index in [9.17, 15) is 10.3 Å². The summed E-state index contributed by atoms with van der Waals surface area (Å²) in [6.07, 6.45) is 0.736. The van der Waals surface area contributed by atoms with Crippen LogP contribution in [0.4, 0.5) is 5.69 Å². The van der Waals surface area contributed by atoms with Gasteiger partial charge in [0.05, 0.1) is 4.90 Å². The second-order valence-corrected chi connectivity index (χ2v) is 3.92. The van der Waals surface area contributed by atoms with Crippen LogP contribution in [-0.2, 0) is 4.74 Å². The molecule has 1 aromatic carbocycles. The third-order valence-electron chi connectivity index (χ3n) is 2.06. The fourth-order valence-electron chi connectivity index (χ4n) is 1.30. The number of thioether (sulfide) groups is 1. The Balaban J connectivity index is 3.01. The summed E-state index contributed by atoms with van der Waals surface area (Å²) in [5, 5.41) is 28.5. The fourth-order valence-corrected chi connectivity index (χ4v) is 1.87. The maximum Gasteiger partial charge on any atom is 0.181 e. The Morgan fingerprint density at radius 1 is 1.56 bits per heavy atom. The Bertz CT molecular complexity index is 346. The minimum atomic E-state index is -1.07. The van der Waals surface area contributed by atoms with E-state index in [1.807, 2.05) is 0 Å². The second-order valence-electron chi connectivity index (χ2n) is 3.07. The van der Waals surface area contributed by atoms with Gasteiger partial charge in [-0.2, -0.15) is 5.23 Å². The monoisotopic (exact) mass is 245 g/mol. The average molecular weight is 245 g/mol. The highest BCUT2D eigenvalue weighted by atomic mass is 32.2. The highest BCUT2D eigenvalue weighted by Crippen LogP contribution is 2.26. The van der Waals surface area contributed by atoms with Crippen LogP contribution in [-0.4, -0.2) is 23.2 Å². The SMILES string of the molecule is CCOC(O)c1ccc(SC)c([NH+]([O-])O)c1. The number of benzene rings is 1. The quantitative estimate of drug-likeness (QED) is 0.407. The van der Waals surface area contributed by atoms with Crippen LogP contribution < -0.4 is 5.23 Å². The first-order valence-corrected chi connectivity index (χ1v) is 6.03. The molecule has 6 heteroatoms. The maximum atomic E-state index is 11.0. The Morgan fingerprint density at radius 2 is 2.25 bits per heavy atom. The molecule has 2 unspecified atom stereocenters. The van der Waals surface area contributed by atoms with Crippen molar-refractivity contribution in [1.82, 2.24) is 0 Å². The van der Waals surface area contributed by atoms with Gasteiger partial charge in [0.2, 0.25) is 0 Å². The van der Waals surface area contributed by atoms with Gasteiger partial charge in [0, 0.05) is 18.2 Å². The second kappa shape index (κ2) is 6.19. The summed E-state index contributed by atoms with van der Waals surface area (Å²) in [4.78, 5) is 0.667. The van der Waals surface area contributed by atoms with E-state index >= 15 is 0 Å². The molecule has 0 amide bonds. The van der Waals surface area contributed by atoms with Crippen LogP contribution in [0.2, 0.25) is 0 Å². The summed E-state index contributed by atoms with van der Waals surface area (Å²) in [6, 6.07) is 4.78. The summed E-state index contributed by atoms with van der Waals surface area (Å²) >= 11 is 1.35. The zero-order chi connectivity index (χ0) is 12.1. The summed E-state index contributed by atoms with van der Waals surface area (Å²) in [5.74, 6) is 0. The minimum absolute atomic E-state index is 0.184. The summed E-state index contributed by atoms with van der Waals surface area (Å²) in [6.45, 7) is 2.13. The molecule has 0 saturated heterocycles. The molecule has 0 heterocycles. The molecule has 0 radical (unpaired) electrons. The van der Waals surface area contributed by atoms with Crippen LogP contribution in [0.1, 0.15) is 18.8 Å². The van der Waals surface area contributed by atoms with Crippen molar-refractivity contribution in [2.45, 2.75) is 18.1 Å². The molecule has 0 aromatic heterocycles. The van der Waals surface area contributed by atoms with E-state index in [-0.39, 0.29) is 5.69 Å². The van der Waals surface area contributed by atoms with Crippen LogP contribution in [0.15, 0.2) is 23.1 Å². The van der Waals surface area contributed by atoms with Crippen LogP contribution in [0, 0.1) is 5.21 Å². The van der Waals surface area contributed by atoms with Crippen molar-refractivity contribution in [3.63, 3.8) is 0 Å². The fraction of sp³-hybridized carbons (Fsp3) is 0.400. The predicted molar refractivity (Wildman–Crippen MR) is 60.6 cm³/mol. The number of hydrogen-bond acceptors (Lipinski definition) is 5. The van der Waals surface area contributed by atoms with Gasteiger partial charge in [-0.15, -0.1) is 11.8 Å². The van der Waals surface area contributed by atoms with E-state index in [1.165, 1.54) is 17.8 Å². The van der Waals surface area contributed by atoms with Crippen molar-refractivity contribution in [3.8, 4) is 0 Å². The van der Waals surface area contributed by atoms with Crippen LogP contribution in [0.25, 0.3) is 0 Å². The number of aliphatic hydroxyl groups is 1. The van der Waals surface area contributed by atoms with E-state index < -0.39 is 11.5 Å². The Morgan fingerprint density at radius 3 is 2.75 bits per heavy atom. The number of ether oxygens (including phenoxy) is 1. The smallest absolute Gasteiger partial charge is 0.181 e. The van der Waals surface area contributed by atoms with Gasteiger partial charge >= 0.3 is 0 Å². The summed E-state index contributed by atoms with van der Waals surface area (Å²) in [5.41, 5.74) is 0.640. The van der Waals surface area contributed by atoms with Crippen molar-refractivity contribution in [2.24, 2.45) is 0 Å². The third-order valence-corrected chi connectivity index (χ3v) is 2.86. The highest BCUT2D eigenvalue weighted by molar-refractivity contribution is 7.98. The normalized spacial score (nSPS) is 14.8. The Kier molecular flexibility index (Phi) is 5.20. The van der Waals surface area contributed by atoms with E-state index in [1.54, 1.807) is 25.3 Å². The third kappa shape index (κ3) is 3.18. The maximum absolute atomic E-state index is 11.0. The molecule has 0 saturated carbocycles. The highest BCUT2D eigenvalue weighted by Gasteiger charge is 2.14. The molecular weight excluding hydrogens is 230 g/mol. The van der Waals surface area contributed by atoms with Gasteiger partial charge in [-0.05, 0) is 19.2 Å². The van der Waals surface area contributed by atoms with Gasteiger partial charge in [-0.25, -0.2) is 5.21 Å². The lowest BCUT2D eigenvalue weighted by atomic mass is 10.2. The Hall–Kier alpha value is -0.630. The van der Waals surface area contributed by atoms with Gasteiger partial charge in [0.1, 0.15) is 0 Å². The first-order valence-electron chi connectivity index (χ1n) is 4.81. The molecule has 1 aromatic rings. The summed E-state index contributed by atoms with van der Waals surface area (Å²) < 4.78 is 4.99. The van der Waals surface area contributed by atoms with E-state index in [0.717, 1.165) is 0 Å². The molecule has 0 aliphatic carbocycles. The van der Waals surface area contributed by atoms with Crippen molar-refractivity contribution < 1.29 is 20.3 Å². The molecule has 16 heavy (non-hydrogen) atoms. The topological polar surface area (TPSA) is 77.2 Å². The minimum Gasteiger partial charge on any atom is -0.595 e. The zero-order valence-corrected chi connectivity index (χ0v) is 9.95. The van der Waals surface area contributed by atoms with Crippen molar-refractivity contribution >= 4 is 17.4 Å². The van der Waals surface area contributed by atoms with E-state index in [2.05, 4.69) is 0 Å². The molecule has 5 nitrogen and oxygen atoms in total. The molecule has 2 atom stereocenters. The standard InChI is InChI=1S/C10H15NO4S/c1-3-15-10(12)7-4-5-9(16-2)8(6-7)11(13)14/h4-6,10-13H,3H2,1-2H3. The predicted octanol–water partition coefficient (Wildman–Crippen LogP) is 0.839. The molecule has 0 aliphatic rings. The molecule has 1 rings (SSSR count). The number of rotatable bonds is 5. The van der Waals surface area contributed by atoms with E-state index in [0.29, 0.717) is 17.1 Å². The van der Waals surface area contributed by atoms with Gasteiger partial charge in [0.15, 0.2) is 12.0 Å². The lowest BCUT2D eigenvalue weighted by Gasteiger charge is -2.17. The van der Waals surface area contributed by atoms with Gasteiger partial charge in [0.25, 0.3) is 0 Å². The van der Waals surface area contributed by atoms with Crippen LogP contribution in [0.5, 0.6) is 0 Å². The van der Waals surface area contributed by atoms with Crippen LogP contribution in [0.3, 0.4) is 0 Å². The molecule has 0 aliphatic heterocycles. The van der Waals surface area contributed by atoms with Gasteiger partial charge in [-0.1, -0.05) is 6.07 Å². The number of nitrogens with one attached hydrogen (secondary N) is 1. The van der Waals surface area contributed by atoms with Gasteiger partial charge in [-0.3, -0.25) is 0 Å². The van der Waals surface area contributed by atoms with Gasteiger partial charge < -0.3 is 15.1 Å². The van der Waals surface area contributed by atoms with Crippen LogP contribution >= 0.6 is 11.8 Å². The van der Waals surface area contributed by atoms with Crippen molar-refractivity contribution in [2.75, 3.05) is 12.9 Å². The summed E-state index contributed by atoms with van der Waals surface area (Å²) in [7, 11) is 0. The molecule has 0 bridgehead atoms. The van der Waals surface area contributed by atoms with Crippen molar-refractivity contribution in [1.29, 1.82) is 0 Å². The average Bonchev–Trinajstić information content (AvgIpc) is 2.28. The first kappa shape index (κ1) is 13.4. The lowest BCUT2D eigenvalue weighted by Crippen LogP contribution is -2.99. The first-order chi connectivity index (χ1) is 7.60. The Labute approximate surface area is 98.2 Å².